The summed E-state index contributed by atoms with van der Waals surface area (Å²) >= 11 is 6.74. The van der Waals surface area contributed by atoms with Crippen molar-refractivity contribution in [2.75, 3.05) is 44.3 Å². The number of phenols is 1. The zero-order valence-corrected chi connectivity index (χ0v) is 19.9. The van der Waals surface area contributed by atoms with Gasteiger partial charge in [-0.15, -0.1) is 0 Å². The Labute approximate surface area is 202 Å². The molecular formula is C24H28ClFN4O4. The number of amides is 1. The Kier molecular flexibility index (Phi) is 5.82. The fourth-order valence-corrected chi connectivity index (χ4v) is 5.63. The van der Waals surface area contributed by atoms with E-state index in [1.54, 1.807) is 4.90 Å². The molecule has 2 fully saturated rings. The molecule has 1 amide bonds. The predicted octanol–water partition coefficient (Wildman–Crippen LogP) is 2.65. The number of nitrogens with one attached hydrogen (secondary N) is 1. The number of benzene rings is 1. The second-order valence-corrected chi connectivity index (χ2v) is 10.2. The number of pyridine rings is 1. The highest BCUT2D eigenvalue weighted by Gasteiger charge is 2.44. The number of anilines is 1. The average molecular weight is 491 g/mol. The van der Waals surface area contributed by atoms with Gasteiger partial charge in [0.15, 0.2) is 5.75 Å². The van der Waals surface area contributed by atoms with Crippen molar-refractivity contribution in [2.24, 2.45) is 5.92 Å². The van der Waals surface area contributed by atoms with Gasteiger partial charge in [0, 0.05) is 44.2 Å². The van der Waals surface area contributed by atoms with Crippen LogP contribution in [0.15, 0.2) is 18.2 Å². The molecule has 0 bridgehead atoms. The maximum atomic E-state index is 14.9. The number of aromatic hydroxyl groups is 1. The van der Waals surface area contributed by atoms with Crippen LogP contribution in [-0.4, -0.2) is 77.0 Å². The molecule has 0 spiro atoms. The molecule has 34 heavy (non-hydrogen) atoms. The highest BCUT2D eigenvalue weighted by atomic mass is 35.5. The lowest BCUT2D eigenvalue weighted by molar-refractivity contribution is 0.0606. The van der Waals surface area contributed by atoms with E-state index >= 15 is 0 Å². The molecule has 1 unspecified atom stereocenters. The summed E-state index contributed by atoms with van der Waals surface area (Å²) in [6, 6.07) is 3.80. The van der Waals surface area contributed by atoms with Crippen molar-refractivity contribution < 1.29 is 24.1 Å². The van der Waals surface area contributed by atoms with Crippen LogP contribution >= 0.6 is 11.6 Å². The monoisotopic (exact) mass is 490 g/mol. The largest absolute Gasteiger partial charge is 0.507 e. The summed E-state index contributed by atoms with van der Waals surface area (Å²) in [4.78, 5) is 22.3. The van der Waals surface area contributed by atoms with Crippen molar-refractivity contribution >= 4 is 23.3 Å². The predicted molar refractivity (Wildman–Crippen MR) is 126 cm³/mol. The number of hydrogen-bond donors (Lipinski definition) is 3. The summed E-state index contributed by atoms with van der Waals surface area (Å²) in [6.07, 6.45) is 0.689. The Morgan fingerprint density at radius 1 is 1.35 bits per heavy atom. The fraction of sp³-hybridized carbons (Fsp3) is 0.500. The lowest BCUT2D eigenvalue weighted by Gasteiger charge is -2.36. The Hall–Kier alpha value is -2.62. The number of carbonyl (C=O) groups excluding carboxylic acids is 1. The van der Waals surface area contributed by atoms with Crippen LogP contribution in [-0.2, 0) is 0 Å². The van der Waals surface area contributed by atoms with Gasteiger partial charge in [0.25, 0.3) is 5.91 Å². The van der Waals surface area contributed by atoms with Crippen LogP contribution in [0.25, 0.3) is 11.3 Å². The highest BCUT2D eigenvalue weighted by molar-refractivity contribution is 6.35. The van der Waals surface area contributed by atoms with Crippen molar-refractivity contribution in [2.45, 2.75) is 31.8 Å². The molecule has 0 radical (unpaired) electrons. The SMILES string of the molecule is CC1(C)CC(CO)CN1c1nc(-c2c(O)cccc2F)c(Cl)c2c1C(=O)N1CCNC[C@@H]1CO2. The lowest BCUT2D eigenvalue weighted by atomic mass is 9.96. The molecule has 1 aromatic carbocycles. The molecule has 2 saturated heterocycles. The van der Waals surface area contributed by atoms with Crippen LogP contribution in [0, 0.1) is 11.7 Å². The first-order valence-corrected chi connectivity index (χ1v) is 11.8. The molecule has 3 aliphatic rings. The minimum absolute atomic E-state index is 0.000976. The molecule has 182 valence electrons. The molecule has 10 heteroatoms. The van der Waals surface area contributed by atoms with Crippen LogP contribution in [0.3, 0.4) is 0 Å². The minimum Gasteiger partial charge on any atom is -0.507 e. The summed E-state index contributed by atoms with van der Waals surface area (Å²) in [6.45, 7) is 6.48. The lowest BCUT2D eigenvalue weighted by Crippen LogP contribution is -2.55. The molecule has 1 aromatic heterocycles. The molecule has 0 saturated carbocycles. The third-order valence-corrected chi connectivity index (χ3v) is 7.37. The first-order valence-electron chi connectivity index (χ1n) is 11.5. The molecule has 8 nitrogen and oxygen atoms in total. The Morgan fingerprint density at radius 3 is 2.85 bits per heavy atom. The quantitative estimate of drug-likeness (QED) is 0.608. The van der Waals surface area contributed by atoms with Crippen molar-refractivity contribution in [3.05, 3.63) is 34.6 Å². The van der Waals surface area contributed by atoms with Crippen molar-refractivity contribution in [3.8, 4) is 22.8 Å². The maximum absolute atomic E-state index is 14.9. The Morgan fingerprint density at radius 2 is 2.15 bits per heavy atom. The fourth-order valence-electron chi connectivity index (χ4n) is 5.35. The van der Waals surface area contributed by atoms with Gasteiger partial charge in [-0.05, 0) is 32.4 Å². The number of aliphatic hydroxyl groups excluding tert-OH is 1. The number of fused-ring (bicyclic) bond motifs is 2. The topological polar surface area (TPSA) is 98.2 Å². The molecule has 5 rings (SSSR count). The number of rotatable bonds is 3. The number of halogens is 2. The summed E-state index contributed by atoms with van der Waals surface area (Å²) < 4.78 is 21.0. The van der Waals surface area contributed by atoms with Crippen LogP contribution in [0.2, 0.25) is 5.02 Å². The van der Waals surface area contributed by atoms with Gasteiger partial charge in [-0.2, -0.15) is 0 Å². The van der Waals surface area contributed by atoms with E-state index in [4.69, 9.17) is 21.3 Å². The third-order valence-electron chi connectivity index (χ3n) is 7.02. The normalized spacial score (nSPS) is 23.9. The van der Waals surface area contributed by atoms with Gasteiger partial charge in [-0.1, -0.05) is 17.7 Å². The van der Waals surface area contributed by atoms with Crippen molar-refractivity contribution in [1.29, 1.82) is 0 Å². The van der Waals surface area contributed by atoms with Crippen LogP contribution in [0.1, 0.15) is 30.6 Å². The second kappa shape index (κ2) is 8.55. The number of carbonyl (C=O) groups is 1. The number of nitrogens with zero attached hydrogens (tertiary/aromatic N) is 3. The van der Waals surface area contributed by atoms with E-state index in [-0.39, 0.29) is 64.4 Å². The molecule has 2 atom stereocenters. The number of aliphatic hydroxyl groups is 1. The molecule has 3 N–H and O–H groups in total. The van der Waals surface area contributed by atoms with E-state index in [9.17, 15) is 19.4 Å². The van der Waals surface area contributed by atoms with Crippen molar-refractivity contribution in [1.82, 2.24) is 15.2 Å². The zero-order valence-electron chi connectivity index (χ0n) is 19.1. The summed E-state index contributed by atoms with van der Waals surface area (Å²) in [7, 11) is 0. The number of phenolic OH excluding ortho intramolecular Hbond substituents is 1. The van der Waals surface area contributed by atoms with E-state index in [2.05, 4.69) is 5.32 Å². The second-order valence-electron chi connectivity index (χ2n) is 9.78. The molecule has 0 aliphatic carbocycles. The number of hydrogen-bond acceptors (Lipinski definition) is 7. The van der Waals surface area contributed by atoms with E-state index in [0.29, 0.717) is 38.4 Å². The Balaban J connectivity index is 1.77. The summed E-state index contributed by atoms with van der Waals surface area (Å²) in [5.41, 5.74) is -0.334. The van der Waals surface area contributed by atoms with Gasteiger partial charge in [0.1, 0.15) is 40.3 Å². The standard InChI is InChI=1S/C24H28ClFN4O4/c1-24(2)8-13(11-31)10-30(24)22-18-21(34-12-14-9-27-6-7-29(14)23(18)33)19(25)20(28-22)17-15(26)4-3-5-16(17)32/h3-5,13-14,27,31-32H,6-12H2,1-2H3/t13?,14-/m1/s1. The number of ether oxygens (including phenoxy) is 1. The number of piperazine rings is 1. The van der Waals surface area contributed by atoms with Gasteiger partial charge < -0.3 is 30.1 Å². The van der Waals surface area contributed by atoms with Crippen molar-refractivity contribution in [3.63, 3.8) is 0 Å². The zero-order chi connectivity index (χ0) is 24.2. The Bertz CT molecular complexity index is 1120. The van der Waals surface area contributed by atoms with E-state index < -0.39 is 11.4 Å². The third kappa shape index (κ3) is 3.66. The van der Waals surface area contributed by atoms with Crippen LogP contribution in [0.4, 0.5) is 10.2 Å². The first kappa shape index (κ1) is 23.1. The van der Waals surface area contributed by atoms with Gasteiger partial charge in [-0.3, -0.25) is 4.79 Å². The van der Waals surface area contributed by atoms with E-state index in [0.717, 1.165) is 0 Å². The van der Waals surface area contributed by atoms with Gasteiger partial charge in [0.05, 0.1) is 11.6 Å². The molecule has 4 heterocycles. The summed E-state index contributed by atoms with van der Waals surface area (Å²) in [5, 5.41) is 23.6. The van der Waals surface area contributed by atoms with Gasteiger partial charge in [0.2, 0.25) is 0 Å². The maximum Gasteiger partial charge on any atom is 0.261 e. The minimum atomic E-state index is -0.684. The van der Waals surface area contributed by atoms with Gasteiger partial charge in [-0.25, -0.2) is 9.37 Å². The molecule has 2 aromatic rings. The molecule has 3 aliphatic heterocycles. The van der Waals surface area contributed by atoms with E-state index in [1.807, 2.05) is 18.7 Å². The van der Waals surface area contributed by atoms with Crippen LogP contribution < -0.4 is 15.0 Å². The smallest absolute Gasteiger partial charge is 0.261 e. The van der Waals surface area contributed by atoms with E-state index in [1.165, 1.54) is 18.2 Å². The average Bonchev–Trinajstić information content (AvgIpc) is 3.03. The summed E-state index contributed by atoms with van der Waals surface area (Å²) in [5.74, 6) is -0.779. The first-order chi connectivity index (χ1) is 16.2. The number of aromatic nitrogens is 1. The highest BCUT2D eigenvalue weighted by Crippen LogP contribution is 2.48. The van der Waals surface area contributed by atoms with Gasteiger partial charge >= 0.3 is 0 Å². The molecular weight excluding hydrogens is 463 g/mol. The van der Waals surface area contributed by atoms with Crippen LogP contribution in [0.5, 0.6) is 11.5 Å².